The molecule has 4 rings (SSSR count). The highest BCUT2D eigenvalue weighted by atomic mass is 35.5. The summed E-state index contributed by atoms with van der Waals surface area (Å²) in [5.74, 6) is 0.405. The van der Waals surface area contributed by atoms with E-state index in [1.54, 1.807) is 30.3 Å². The van der Waals surface area contributed by atoms with Gasteiger partial charge in [0.2, 0.25) is 5.95 Å². The molecule has 0 atom stereocenters. The number of nitrogens with zero attached hydrogens (tertiary/aromatic N) is 2. The number of para-hydroxylation sites is 1. The summed E-state index contributed by atoms with van der Waals surface area (Å²) in [7, 11) is 0. The second-order valence-corrected chi connectivity index (χ2v) is 7.49. The van der Waals surface area contributed by atoms with Gasteiger partial charge in [0.05, 0.1) is 21.4 Å². The summed E-state index contributed by atoms with van der Waals surface area (Å²) in [6.07, 6.45) is -2.78. The second-order valence-electron chi connectivity index (χ2n) is 6.68. The van der Waals surface area contributed by atoms with Gasteiger partial charge in [-0.2, -0.15) is 4.98 Å². The van der Waals surface area contributed by atoms with Crippen molar-refractivity contribution in [2.45, 2.75) is 25.2 Å². The number of anilines is 3. The molecule has 1 saturated carbocycles. The van der Waals surface area contributed by atoms with Crippen LogP contribution in [0.1, 0.15) is 12.8 Å². The molecule has 1 heterocycles. The van der Waals surface area contributed by atoms with E-state index in [4.69, 9.17) is 23.2 Å². The fourth-order valence-corrected chi connectivity index (χ4v) is 3.22. The van der Waals surface area contributed by atoms with Gasteiger partial charge in [-0.3, -0.25) is 0 Å². The van der Waals surface area contributed by atoms with E-state index in [0.29, 0.717) is 38.8 Å². The molecule has 0 saturated heterocycles. The highest BCUT2D eigenvalue weighted by Crippen LogP contribution is 2.34. The Morgan fingerprint density at radius 1 is 0.967 bits per heavy atom. The average Bonchev–Trinajstić information content (AvgIpc) is 3.47. The normalized spacial score (nSPS) is 13.8. The molecule has 3 aromatic rings. The van der Waals surface area contributed by atoms with Crippen LogP contribution in [0.15, 0.2) is 48.5 Å². The van der Waals surface area contributed by atoms with E-state index in [1.807, 2.05) is 0 Å². The molecule has 0 spiro atoms. The molecule has 0 bridgehead atoms. The van der Waals surface area contributed by atoms with Crippen LogP contribution in [0.2, 0.25) is 10.0 Å². The van der Waals surface area contributed by atoms with Gasteiger partial charge >= 0.3 is 6.36 Å². The molecule has 10 heteroatoms. The Kier molecular flexibility index (Phi) is 5.62. The Morgan fingerprint density at radius 3 is 2.33 bits per heavy atom. The van der Waals surface area contributed by atoms with Gasteiger partial charge in [0, 0.05) is 17.7 Å². The molecule has 1 aromatic heterocycles. The van der Waals surface area contributed by atoms with Crippen LogP contribution in [0.25, 0.3) is 11.3 Å². The molecule has 30 heavy (non-hydrogen) atoms. The summed E-state index contributed by atoms with van der Waals surface area (Å²) in [6, 6.07) is 12.5. The summed E-state index contributed by atoms with van der Waals surface area (Å²) in [5, 5.41) is 7.07. The Balaban J connectivity index is 1.71. The molecule has 0 aliphatic heterocycles. The number of nitrogens with one attached hydrogen (secondary N) is 2. The number of hydrogen-bond acceptors (Lipinski definition) is 5. The first-order valence-electron chi connectivity index (χ1n) is 9.00. The number of alkyl halides is 3. The van der Waals surface area contributed by atoms with E-state index in [2.05, 4.69) is 25.3 Å². The van der Waals surface area contributed by atoms with Crippen LogP contribution in [0, 0.1) is 0 Å². The molecule has 2 N–H and O–H groups in total. The van der Waals surface area contributed by atoms with Crippen molar-refractivity contribution >= 4 is 40.7 Å². The number of aromatic nitrogens is 2. The third kappa shape index (κ3) is 5.25. The number of hydrogen-bond donors (Lipinski definition) is 2. The summed E-state index contributed by atoms with van der Waals surface area (Å²) in [5.41, 5.74) is 1.31. The third-order valence-electron chi connectivity index (χ3n) is 4.22. The van der Waals surface area contributed by atoms with E-state index in [9.17, 15) is 13.2 Å². The maximum absolute atomic E-state index is 12.6. The standard InChI is InChI=1S/C20H15Cl2F3N4O/c21-14-5-2-6-15(22)18(14)28-17-10-16(27-19(29-17)26-12-7-8-12)11-3-1-4-13(9-11)30-20(23,24)25/h1-6,9-10,12H,7-8H2,(H2,26,27,28,29). The SMILES string of the molecule is FC(F)(F)Oc1cccc(-c2cc(Nc3c(Cl)cccc3Cl)nc(NC3CC3)n2)c1. The van der Waals surface area contributed by atoms with Gasteiger partial charge in [-0.15, -0.1) is 13.2 Å². The maximum atomic E-state index is 12.6. The van der Waals surface area contributed by atoms with Crippen LogP contribution in [0.4, 0.5) is 30.6 Å². The number of benzene rings is 2. The van der Waals surface area contributed by atoms with Crippen molar-refractivity contribution in [1.29, 1.82) is 0 Å². The predicted octanol–water partition coefficient (Wildman–Crippen LogP) is 6.67. The molecule has 0 unspecified atom stereocenters. The van der Waals surface area contributed by atoms with Crippen LogP contribution in [-0.2, 0) is 0 Å². The second kappa shape index (κ2) is 8.20. The first-order valence-corrected chi connectivity index (χ1v) is 9.75. The summed E-state index contributed by atoms with van der Waals surface area (Å²) in [4.78, 5) is 8.88. The van der Waals surface area contributed by atoms with Gasteiger partial charge in [0.25, 0.3) is 0 Å². The summed E-state index contributed by atoms with van der Waals surface area (Å²) < 4.78 is 41.8. The topological polar surface area (TPSA) is 59.1 Å². The van der Waals surface area contributed by atoms with Gasteiger partial charge < -0.3 is 15.4 Å². The fraction of sp³-hybridized carbons (Fsp3) is 0.200. The zero-order valence-electron chi connectivity index (χ0n) is 15.3. The minimum Gasteiger partial charge on any atom is -0.406 e. The van der Waals surface area contributed by atoms with Crippen LogP contribution in [0.5, 0.6) is 5.75 Å². The van der Waals surface area contributed by atoms with Crippen molar-refractivity contribution in [1.82, 2.24) is 9.97 Å². The molecule has 2 aromatic carbocycles. The van der Waals surface area contributed by atoms with Crippen molar-refractivity contribution in [3.05, 3.63) is 58.6 Å². The van der Waals surface area contributed by atoms with Crippen molar-refractivity contribution in [2.24, 2.45) is 0 Å². The minimum atomic E-state index is -4.78. The lowest BCUT2D eigenvalue weighted by Gasteiger charge is -2.14. The first kappa shape index (κ1) is 20.6. The van der Waals surface area contributed by atoms with E-state index in [-0.39, 0.29) is 11.8 Å². The quantitative estimate of drug-likeness (QED) is 0.435. The van der Waals surface area contributed by atoms with E-state index in [0.717, 1.165) is 12.8 Å². The molecule has 0 radical (unpaired) electrons. The molecular formula is C20H15Cl2F3N4O. The Morgan fingerprint density at radius 2 is 1.67 bits per heavy atom. The monoisotopic (exact) mass is 454 g/mol. The maximum Gasteiger partial charge on any atom is 0.573 e. The Bertz CT molecular complexity index is 1050. The van der Waals surface area contributed by atoms with Crippen molar-refractivity contribution in [3.8, 4) is 17.0 Å². The van der Waals surface area contributed by atoms with E-state index < -0.39 is 6.36 Å². The molecule has 5 nitrogen and oxygen atoms in total. The van der Waals surface area contributed by atoms with Crippen LogP contribution >= 0.6 is 23.2 Å². The highest BCUT2D eigenvalue weighted by molar-refractivity contribution is 6.39. The predicted molar refractivity (Wildman–Crippen MR) is 111 cm³/mol. The molecule has 1 aliphatic rings. The smallest absolute Gasteiger partial charge is 0.406 e. The minimum absolute atomic E-state index is 0.275. The van der Waals surface area contributed by atoms with Gasteiger partial charge in [-0.1, -0.05) is 41.4 Å². The van der Waals surface area contributed by atoms with Gasteiger partial charge in [0.1, 0.15) is 11.6 Å². The van der Waals surface area contributed by atoms with Gasteiger partial charge in [0.15, 0.2) is 0 Å². The molecule has 1 fully saturated rings. The molecular weight excluding hydrogens is 440 g/mol. The summed E-state index contributed by atoms with van der Waals surface area (Å²) in [6.45, 7) is 0. The van der Waals surface area contributed by atoms with Gasteiger partial charge in [-0.05, 0) is 37.1 Å². The van der Waals surface area contributed by atoms with Crippen molar-refractivity contribution < 1.29 is 17.9 Å². The Labute approximate surface area is 180 Å². The van der Waals surface area contributed by atoms with E-state index in [1.165, 1.54) is 18.2 Å². The van der Waals surface area contributed by atoms with Crippen LogP contribution in [0.3, 0.4) is 0 Å². The number of ether oxygens (including phenoxy) is 1. The average molecular weight is 455 g/mol. The molecule has 1 aliphatic carbocycles. The zero-order chi connectivity index (χ0) is 21.3. The summed E-state index contributed by atoms with van der Waals surface area (Å²) >= 11 is 12.4. The van der Waals surface area contributed by atoms with Crippen LogP contribution in [-0.4, -0.2) is 22.4 Å². The fourth-order valence-electron chi connectivity index (χ4n) is 2.73. The lowest BCUT2D eigenvalue weighted by Crippen LogP contribution is -2.17. The highest BCUT2D eigenvalue weighted by Gasteiger charge is 2.31. The molecule has 156 valence electrons. The number of halogens is 5. The lowest BCUT2D eigenvalue weighted by atomic mass is 10.1. The van der Waals surface area contributed by atoms with Crippen molar-refractivity contribution in [3.63, 3.8) is 0 Å². The first-order chi connectivity index (χ1) is 14.3. The molecule has 0 amide bonds. The third-order valence-corrected chi connectivity index (χ3v) is 4.85. The van der Waals surface area contributed by atoms with Gasteiger partial charge in [-0.25, -0.2) is 4.98 Å². The lowest BCUT2D eigenvalue weighted by molar-refractivity contribution is -0.274. The number of rotatable bonds is 6. The van der Waals surface area contributed by atoms with Crippen molar-refractivity contribution in [2.75, 3.05) is 10.6 Å². The van der Waals surface area contributed by atoms with E-state index >= 15 is 0 Å². The zero-order valence-corrected chi connectivity index (χ0v) is 16.8. The Hall–Kier alpha value is -2.71. The van der Waals surface area contributed by atoms with Crippen LogP contribution < -0.4 is 15.4 Å². The largest absolute Gasteiger partial charge is 0.573 e.